The molecule has 0 bridgehead atoms. The highest BCUT2D eigenvalue weighted by Crippen LogP contribution is 2.36. The number of carbonyl (C=O) groups excluding carboxylic acids is 2. The van der Waals surface area contributed by atoms with Crippen LogP contribution in [0.1, 0.15) is 38.1 Å². The summed E-state index contributed by atoms with van der Waals surface area (Å²) >= 11 is 14.3. The number of H-pyrrole nitrogens is 1. The summed E-state index contributed by atoms with van der Waals surface area (Å²) in [6.07, 6.45) is 0.689. The second-order valence-corrected chi connectivity index (χ2v) is 11.7. The molecule has 3 N–H and O–H groups in total. The Morgan fingerprint density at radius 3 is 2.46 bits per heavy atom. The van der Waals surface area contributed by atoms with Gasteiger partial charge in [0.1, 0.15) is 5.70 Å². The number of nitrogens with one attached hydrogen (secondary N) is 3. The summed E-state index contributed by atoms with van der Waals surface area (Å²) in [5, 5.41) is 12.8. The van der Waals surface area contributed by atoms with Crippen molar-refractivity contribution in [2.45, 2.75) is 39.4 Å². The van der Waals surface area contributed by atoms with Crippen molar-refractivity contribution in [2.75, 3.05) is 29.3 Å². The summed E-state index contributed by atoms with van der Waals surface area (Å²) in [5.41, 5.74) is -2.04. The van der Waals surface area contributed by atoms with Crippen molar-refractivity contribution >= 4 is 69.2 Å². The fraction of sp³-hybridized carbons (Fsp3) is 0.333. The highest BCUT2D eigenvalue weighted by molar-refractivity contribution is 7.98. The summed E-state index contributed by atoms with van der Waals surface area (Å²) in [6.45, 7) is 6.23. The molecule has 2 aromatic heterocycles. The first-order valence-electron chi connectivity index (χ1n) is 12.2. The maximum atomic E-state index is 14.0. The maximum absolute atomic E-state index is 14.0. The number of halogens is 5. The van der Waals surface area contributed by atoms with Gasteiger partial charge in [0.2, 0.25) is 0 Å². The molecule has 0 saturated carbocycles. The van der Waals surface area contributed by atoms with Crippen molar-refractivity contribution in [1.29, 1.82) is 0 Å². The van der Waals surface area contributed by atoms with Gasteiger partial charge in [-0.15, -0.1) is 0 Å². The van der Waals surface area contributed by atoms with E-state index in [-0.39, 0.29) is 38.2 Å². The van der Waals surface area contributed by atoms with E-state index in [1.54, 1.807) is 6.07 Å². The number of amides is 2. The number of likely N-dealkylation sites (N-methyl/N-ethyl adjacent to an activating group) is 1. The van der Waals surface area contributed by atoms with E-state index in [0.717, 1.165) is 4.90 Å². The fourth-order valence-corrected chi connectivity index (χ4v) is 5.35. The zero-order valence-corrected chi connectivity index (χ0v) is 25.5. The molecule has 0 aliphatic heterocycles. The molecule has 3 rings (SSSR count). The van der Waals surface area contributed by atoms with Crippen LogP contribution in [0.3, 0.4) is 0 Å². The van der Waals surface area contributed by atoms with E-state index in [9.17, 15) is 22.8 Å². The van der Waals surface area contributed by atoms with E-state index in [1.807, 2.05) is 20.1 Å². The Morgan fingerprint density at radius 1 is 1.20 bits per heavy atom. The number of allylic oxidation sites excluding steroid dienone is 3. The monoisotopic (exact) mass is 628 g/mol. The number of thioether (sulfide) groups is 1. The Kier molecular flexibility index (Phi) is 10.0. The molecule has 0 saturated heterocycles. The first-order valence-corrected chi connectivity index (χ1v) is 14.3. The minimum Gasteiger partial charge on any atom is -0.346 e. The molecular formula is C27H29Cl2F3N6O2S. The average Bonchev–Trinajstić information content (AvgIpc) is 3.30. The van der Waals surface area contributed by atoms with Gasteiger partial charge >= 0.3 is 6.18 Å². The number of aromatic amines is 1. The van der Waals surface area contributed by atoms with Crippen LogP contribution >= 0.6 is 35.0 Å². The molecule has 0 radical (unpaired) electrons. The number of fused-ring (bicyclic) bond motifs is 1. The fourth-order valence-electron chi connectivity index (χ4n) is 4.05. The lowest BCUT2D eigenvalue weighted by Gasteiger charge is -2.27. The molecule has 2 amide bonds. The molecular weight excluding hydrogens is 600 g/mol. The lowest BCUT2D eigenvalue weighted by Crippen LogP contribution is -2.45. The van der Waals surface area contributed by atoms with E-state index >= 15 is 0 Å². The molecule has 0 aliphatic rings. The number of anilines is 2. The Balaban J connectivity index is 2.19. The number of aromatic nitrogens is 3. The summed E-state index contributed by atoms with van der Waals surface area (Å²) in [5.74, 6) is -0.936. The number of hydrogen-bond donors (Lipinski definition) is 3. The van der Waals surface area contributed by atoms with Gasteiger partial charge in [-0.25, -0.2) is 4.98 Å². The van der Waals surface area contributed by atoms with Gasteiger partial charge in [-0.2, -0.15) is 30.0 Å². The minimum absolute atomic E-state index is 0.0174. The predicted molar refractivity (Wildman–Crippen MR) is 160 cm³/mol. The Hall–Kier alpha value is -3.22. The van der Waals surface area contributed by atoms with Crippen LogP contribution in [0.4, 0.5) is 24.7 Å². The number of carbonyl (C=O) groups is 2. The third kappa shape index (κ3) is 7.55. The molecule has 0 aliphatic carbocycles. The lowest BCUT2D eigenvalue weighted by molar-refractivity contribution is -0.112. The predicted octanol–water partition coefficient (Wildman–Crippen LogP) is 6.99. The van der Waals surface area contributed by atoms with E-state index in [4.69, 9.17) is 23.2 Å². The third-order valence-corrected chi connectivity index (χ3v) is 7.49. The lowest BCUT2D eigenvalue weighted by atomic mass is 10.0. The number of hydrogen-bond acceptors (Lipinski definition) is 6. The van der Waals surface area contributed by atoms with Crippen molar-refractivity contribution in [3.63, 3.8) is 0 Å². The van der Waals surface area contributed by atoms with Crippen LogP contribution in [-0.4, -0.2) is 57.8 Å². The summed E-state index contributed by atoms with van der Waals surface area (Å²) in [7, 11) is 1.36. The van der Waals surface area contributed by atoms with Gasteiger partial charge in [0.15, 0.2) is 5.82 Å². The second-order valence-electron chi connectivity index (χ2n) is 9.98. The molecule has 14 heteroatoms. The molecule has 0 fully saturated rings. The number of nitrogens with zero attached hydrogens (tertiary/aromatic N) is 3. The van der Waals surface area contributed by atoms with Crippen molar-refractivity contribution in [3.05, 3.63) is 69.1 Å². The zero-order chi connectivity index (χ0) is 30.7. The van der Waals surface area contributed by atoms with Crippen LogP contribution in [0.15, 0.2) is 53.5 Å². The normalized spacial score (nSPS) is 12.3. The average molecular weight is 630 g/mol. The molecule has 2 heterocycles. The maximum Gasteiger partial charge on any atom is 0.416 e. The topological polar surface area (TPSA) is 103 Å². The summed E-state index contributed by atoms with van der Waals surface area (Å²) < 4.78 is 41.9. The molecule has 220 valence electrons. The third-order valence-electron chi connectivity index (χ3n) is 5.89. The summed E-state index contributed by atoms with van der Waals surface area (Å²) in [6, 6.07) is 4.52. The van der Waals surface area contributed by atoms with Gasteiger partial charge < -0.3 is 15.5 Å². The first-order chi connectivity index (χ1) is 19.1. The van der Waals surface area contributed by atoms with Crippen LogP contribution in [0.5, 0.6) is 0 Å². The Bertz CT molecular complexity index is 1530. The molecule has 0 unspecified atom stereocenters. The SMILES string of the molecule is CSCC(C)(C)NC(=O)c1c(NC(=O)/C(=C/C(=C(C)C)C(F)(F)F)N(C)c2ncccc2Cl)c(Cl)cc2cn[nH]c12. The van der Waals surface area contributed by atoms with Crippen molar-refractivity contribution in [3.8, 4) is 0 Å². The first kappa shape index (κ1) is 32.3. The van der Waals surface area contributed by atoms with Crippen LogP contribution < -0.4 is 15.5 Å². The minimum atomic E-state index is -4.76. The van der Waals surface area contributed by atoms with Gasteiger partial charge in [-0.05, 0) is 58.2 Å². The van der Waals surface area contributed by atoms with Crippen LogP contribution in [0.2, 0.25) is 10.0 Å². The number of pyridine rings is 1. The van der Waals surface area contributed by atoms with Gasteiger partial charge in [0.05, 0.1) is 38.6 Å². The Labute approximate surface area is 249 Å². The number of rotatable bonds is 9. The van der Waals surface area contributed by atoms with Gasteiger partial charge in [-0.3, -0.25) is 14.7 Å². The molecule has 0 atom stereocenters. The van der Waals surface area contributed by atoms with Crippen molar-refractivity contribution in [2.24, 2.45) is 0 Å². The molecule has 41 heavy (non-hydrogen) atoms. The smallest absolute Gasteiger partial charge is 0.346 e. The van der Waals surface area contributed by atoms with Crippen molar-refractivity contribution in [1.82, 2.24) is 20.5 Å². The number of alkyl halides is 3. The Morgan fingerprint density at radius 2 is 1.88 bits per heavy atom. The molecule has 3 aromatic rings. The number of benzene rings is 1. The van der Waals surface area contributed by atoms with Crippen LogP contribution in [0, 0.1) is 0 Å². The standard InChI is InChI=1S/C27H29Cl2F3N6O2S/c1-14(2)16(27(30,31)32)11-19(38(5)23-17(28)8-7-9-33-23)24(39)35-22-18(29)10-15-12-34-37-21(15)20(22)25(40)36-26(3,4)13-41-6/h7-12H,13H2,1-6H3,(H,34,37)(H,35,39)(H,36,40)/b19-11-. The second kappa shape index (κ2) is 12.7. The van der Waals surface area contributed by atoms with Gasteiger partial charge in [-0.1, -0.05) is 28.8 Å². The van der Waals surface area contributed by atoms with E-state index < -0.39 is 34.8 Å². The van der Waals surface area contributed by atoms with E-state index in [2.05, 4.69) is 25.8 Å². The van der Waals surface area contributed by atoms with Crippen molar-refractivity contribution < 1.29 is 22.8 Å². The van der Waals surface area contributed by atoms with E-state index in [1.165, 1.54) is 57.2 Å². The molecule has 8 nitrogen and oxygen atoms in total. The highest BCUT2D eigenvalue weighted by atomic mass is 35.5. The van der Waals surface area contributed by atoms with Crippen LogP contribution in [0.25, 0.3) is 10.9 Å². The van der Waals surface area contributed by atoms with Gasteiger partial charge in [0.25, 0.3) is 11.8 Å². The summed E-state index contributed by atoms with van der Waals surface area (Å²) in [4.78, 5) is 32.7. The van der Waals surface area contributed by atoms with E-state index in [0.29, 0.717) is 17.2 Å². The zero-order valence-electron chi connectivity index (χ0n) is 23.1. The largest absolute Gasteiger partial charge is 0.416 e. The quantitative estimate of drug-likeness (QED) is 0.174. The van der Waals surface area contributed by atoms with Gasteiger partial charge in [0, 0.05) is 29.9 Å². The molecule has 1 aromatic carbocycles. The highest BCUT2D eigenvalue weighted by Gasteiger charge is 2.35. The molecule has 0 spiro atoms. The van der Waals surface area contributed by atoms with Crippen LogP contribution in [-0.2, 0) is 4.79 Å².